The molecule has 1 amide bonds. The lowest BCUT2D eigenvalue weighted by molar-refractivity contribution is -0.125. The largest absolute Gasteiger partial charge is 0.473 e. The first-order chi connectivity index (χ1) is 17.0. The monoisotopic (exact) mass is 474 g/mol. The fraction of sp³-hybridized carbons (Fsp3) is 0.308. The number of piperazine rings is 1. The molecule has 3 aromatic rings. The van der Waals surface area contributed by atoms with Gasteiger partial charge in [-0.25, -0.2) is 14.4 Å². The van der Waals surface area contributed by atoms with Crippen molar-refractivity contribution in [2.45, 2.75) is 25.3 Å². The molecule has 180 valence electrons. The van der Waals surface area contributed by atoms with Gasteiger partial charge in [0.2, 0.25) is 11.8 Å². The summed E-state index contributed by atoms with van der Waals surface area (Å²) in [6.07, 6.45) is 3.86. The Morgan fingerprint density at radius 1 is 1.37 bits per heavy atom. The zero-order valence-corrected chi connectivity index (χ0v) is 19.5. The van der Waals surface area contributed by atoms with Crippen LogP contribution in [0.15, 0.2) is 55.3 Å². The molecule has 1 aromatic carbocycles. The third-order valence-corrected chi connectivity index (χ3v) is 5.97. The molecule has 2 atom stereocenters. The second-order valence-corrected chi connectivity index (χ2v) is 8.43. The van der Waals surface area contributed by atoms with E-state index in [1.807, 2.05) is 25.1 Å². The lowest BCUT2D eigenvalue weighted by Crippen LogP contribution is -2.50. The summed E-state index contributed by atoms with van der Waals surface area (Å²) in [5.74, 6) is 0.345. The number of benzene rings is 1. The van der Waals surface area contributed by atoms with Gasteiger partial charge in [-0.05, 0) is 37.1 Å². The van der Waals surface area contributed by atoms with Crippen molar-refractivity contribution in [3.05, 3.63) is 89.4 Å². The van der Waals surface area contributed by atoms with Crippen molar-refractivity contribution >= 4 is 5.91 Å². The highest BCUT2D eigenvalue weighted by atomic mass is 19.1. The number of ether oxygens (including phenoxy) is 1. The molecule has 0 radical (unpaired) electrons. The highest BCUT2D eigenvalue weighted by Crippen LogP contribution is 2.38. The fourth-order valence-electron chi connectivity index (χ4n) is 4.41. The SMILES string of the molecule is C=CCOc1cccc(C(C(Cc2ccc(C#N)c(F)c2)c2cnc(C)[nH]2)N2CCNC(=O)C2)n1. The molecule has 9 heteroatoms. The minimum absolute atomic E-state index is 0.000622. The van der Waals surface area contributed by atoms with Gasteiger partial charge in [0.1, 0.15) is 24.3 Å². The number of nitriles is 1. The van der Waals surface area contributed by atoms with Crippen LogP contribution in [0, 0.1) is 24.1 Å². The number of nitrogens with one attached hydrogen (secondary N) is 2. The number of rotatable bonds is 9. The zero-order valence-electron chi connectivity index (χ0n) is 19.5. The topological polar surface area (TPSA) is 107 Å². The number of nitrogens with zero attached hydrogens (tertiary/aromatic N) is 4. The highest BCUT2D eigenvalue weighted by Gasteiger charge is 2.35. The maximum Gasteiger partial charge on any atom is 0.234 e. The van der Waals surface area contributed by atoms with E-state index in [1.54, 1.807) is 24.4 Å². The number of H-pyrrole nitrogens is 1. The molecule has 1 aliphatic heterocycles. The van der Waals surface area contributed by atoms with Crippen LogP contribution in [0.5, 0.6) is 5.88 Å². The number of carbonyl (C=O) groups is 1. The minimum atomic E-state index is -0.559. The van der Waals surface area contributed by atoms with Gasteiger partial charge in [-0.3, -0.25) is 9.69 Å². The molecule has 8 nitrogen and oxygen atoms in total. The van der Waals surface area contributed by atoms with Crippen LogP contribution < -0.4 is 10.1 Å². The van der Waals surface area contributed by atoms with E-state index >= 15 is 0 Å². The molecular weight excluding hydrogens is 447 g/mol. The minimum Gasteiger partial charge on any atom is -0.473 e. The maximum absolute atomic E-state index is 14.5. The van der Waals surface area contributed by atoms with Crippen LogP contribution in [0.2, 0.25) is 0 Å². The predicted molar refractivity (Wildman–Crippen MR) is 128 cm³/mol. The molecule has 0 aliphatic carbocycles. The third-order valence-electron chi connectivity index (χ3n) is 5.97. The first-order valence-corrected chi connectivity index (χ1v) is 11.4. The molecule has 2 N–H and O–H groups in total. The average molecular weight is 475 g/mol. The number of hydrogen-bond donors (Lipinski definition) is 2. The number of aryl methyl sites for hydroxylation is 1. The Morgan fingerprint density at radius 3 is 2.91 bits per heavy atom. The van der Waals surface area contributed by atoms with E-state index in [2.05, 4.69) is 26.8 Å². The summed E-state index contributed by atoms with van der Waals surface area (Å²) in [7, 11) is 0. The van der Waals surface area contributed by atoms with Crippen molar-refractivity contribution in [3.8, 4) is 11.9 Å². The zero-order chi connectivity index (χ0) is 24.8. The van der Waals surface area contributed by atoms with Crippen LogP contribution in [0.1, 0.15) is 40.3 Å². The number of aromatic nitrogens is 3. The van der Waals surface area contributed by atoms with Crippen LogP contribution in [-0.2, 0) is 11.2 Å². The summed E-state index contributed by atoms with van der Waals surface area (Å²) in [5.41, 5.74) is 2.31. The average Bonchev–Trinajstić information content (AvgIpc) is 3.29. The van der Waals surface area contributed by atoms with Gasteiger partial charge < -0.3 is 15.0 Å². The molecule has 2 unspecified atom stereocenters. The highest BCUT2D eigenvalue weighted by molar-refractivity contribution is 5.78. The molecule has 0 spiro atoms. The molecule has 1 saturated heterocycles. The molecule has 4 rings (SSSR count). The molecule has 35 heavy (non-hydrogen) atoms. The van der Waals surface area contributed by atoms with E-state index in [4.69, 9.17) is 15.0 Å². The summed E-state index contributed by atoms with van der Waals surface area (Å²) >= 11 is 0. The summed E-state index contributed by atoms with van der Waals surface area (Å²) in [4.78, 5) is 26.9. The first-order valence-electron chi connectivity index (χ1n) is 11.4. The van der Waals surface area contributed by atoms with E-state index in [9.17, 15) is 9.18 Å². The molecule has 2 aromatic heterocycles. The van der Waals surface area contributed by atoms with Gasteiger partial charge in [-0.2, -0.15) is 5.26 Å². The second kappa shape index (κ2) is 10.9. The van der Waals surface area contributed by atoms with Crippen molar-refractivity contribution in [1.82, 2.24) is 25.2 Å². The van der Waals surface area contributed by atoms with Gasteiger partial charge in [0.05, 0.1) is 23.8 Å². The summed E-state index contributed by atoms with van der Waals surface area (Å²) in [6.45, 7) is 7.22. The Kier molecular flexibility index (Phi) is 7.53. The molecule has 1 fully saturated rings. The van der Waals surface area contributed by atoms with Crippen LogP contribution in [0.3, 0.4) is 0 Å². The van der Waals surface area contributed by atoms with Crippen molar-refractivity contribution in [3.63, 3.8) is 0 Å². The smallest absolute Gasteiger partial charge is 0.234 e. The number of hydrogen-bond acceptors (Lipinski definition) is 6. The summed E-state index contributed by atoms with van der Waals surface area (Å²) in [6, 6.07) is 11.7. The van der Waals surface area contributed by atoms with Gasteiger partial charge >= 0.3 is 0 Å². The van der Waals surface area contributed by atoms with Crippen LogP contribution in [-0.4, -0.2) is 52.0 Å². The third kappa shape index (κ3) is 5.73. The van der Waals surface area contributed by atoms with E-state index in [1.165, 1.54) is 12.1 Å². The Bertz CT molecular complexity index is 1250. The fourth-order valence-corrected chi connectivity index (χ4v) is 4.41. The van der Waals surface area contributed by atoms with Crippen LogP contribution >= 0.6 is 0 Å². The van der Waals surface area contributed by atoms with Crippen molar-refractivity contribution in [2.75, 3.05) is 26.2 Å². The van der Waals surface area contributed by atoms with Gasteiger partial charge in [-0.15, -0.1) is 0 Å². The lowest BCUT2D eigenvalue weighted by Gasteiger charge is -2.38. The maximum atomic E-state index is 14.5. The summed E-state index contributed by atoms with van der Waals surface area (Å²) in [5, 5.41) is 12.0. The predicted octanol–water partition coefficient (Wildman–Crippen LogP) is 3.19. The molecule has 1 aliphatic rings. The first kappa shape index (κ1) is 24.1. The Balaban J connectivity index is 1.79. The standard InChI is InChI=1S/C26H27FN6O2/c1-3-11-35-25-6-4-5-22(32-25)26(33-10-9-29-24(34)16-33)20(23-15-30-17(2)31-23)12-18-7-8-19(14-28)21(27)13-18/h3-8,13,15,20,26H,1,9-12,16H2,2H3,(H,29,34)(H,30,31). The van der Waals surface area contributed by atoms with Gasteiger partial charge in [-0.1, -0.05) is 24.8 Å². The number of halogens is 1. The van der Waals surface area contributed by atoms with Crippen molar-refractivity contribution in [2.24, 2.45) is 0 Å². The Morgan fingerprint density at radius 2 is 2.23 bits per heavy atom. The van der Waals surface area contributed by atoms with Crippen LogP contribution in [0.4, 0.5) is 4.39 Å². The van der Waals surface area contributed by atoms with E-state index in [0.717, 1.165) is 22.8 Å². The van der Waals surface area contributed by atoms with Crippen molar-refractivity contribution in [1.29, 1.82) is 5.26 Å². The van der Waals surface area contributed by atoms with E-state index in [0.29, 0.717) is 32.0 Å². The van der Waals surface area contributed by atoms with E-state index in [-0.39, 0.29) is 30.0 Å². The summed E-state index contributed by atoms with van der Waals surface area (Å²) < 4.78 is 20.1. The molecule has 3 heterocycles. The second-order valence-electron chi connectivity index (χ2n) is 8.43. The normalized spacial score (nSPS) is 15.6. The molecular formula is C26H27FN6O2. The van der Waals surface area contributed by atoms with Gasteiger partial charge in [0, 0.05) is 37.0 Å². The van der Waals surface area contributed by atoms with Gasteiger partial charge in [0.15, 0.2) is 0 Å². The number of imidazole rings is 1. The number of carbonyl (C=O) groups excluding carboxylic acids is 1. The molecule has 0 saturated carbocycles. The number of aromatic amines is 1. The molecule has 0 bridgehead atoms. The van der Waals surface area contributed by atoms with E-state index < -0.39 is 5.82 Å². The number of pyridine rings is 1. The number of amides is 1. The Labute approximate surface area is 203 Å². The Hall–Kier alpha value is -4.03. The van der Waals surface area contributed by atoms with Gasteiger partial charge in [0.25, 0.3) is 0 Å². The lowest BCUT2D eigenvalue weighted by atomic mass is 9.85. The quantitative estimate of drug-likeness (QED) is 0.462. The van der Waals surface area contributed by atoms with Crippen LogP contribution in [0.25, 0.3) is 0 Å². The van der Waals surface area contributed by atoms with Crippen molar-refractivity contribution < 1.29 is 13.9 Å².